The maximum Gasteiger partial charge on any atom is 0.135 e. The Morgan fingerprint density at radius 1 is 1.32 bits per heavy atom. The monoisotopic (exact) mass is 273 g/mol. The minimum Gasteiger partial charge on any atom is -0.484 e. The van der Waals surface area contributed by atoms with E-state index in [0.29, 0.717) is 0 Å². The third-order valence-electron chi connectivity index (χ3n) is 3.65. The second-order valence-electron chi connectivity index (χ2n) is 5.15. The number of thiophene rings is 1. The van der Waals surface area contributed by atoms with E-state index in [4.69, 9.17) is 10.5 Å². The van der Waals surface area contributed by atoms with Gasteiger partial charge in [0.2, 0.25) is 0 Å². The molecule has 0 saturated heterocycles. The lowest BCUT2D eigenvalue weighted by atomic mass is 9.95. The van der Waals surface area contributed by atoms with Crippen LogP contribution in [0.4, 0.5) is 0 Å². The highest BCUT2D eigenvalue weighted by molar-refractivity contribution is 7.12. The molecule has 0 saturated carbocycles. The predicted molar refractivity (Wildman–Crippen MR) is 79.8 cm³/mol. The van der Waals surface area contributed by atoms with Crippen molar-refractivity contribution in [2.75, 3.05) is 0 Å². The summed E-state index contributed by atoms with van der Waals surface area (Å²) < 4.78 is 6.13. The molecule has 1 aliphatic heterocycles. The smallest absolute Gasteiger partial charge is 0.135 e. The van der Waals surface area contributed by atoms with Crippen molar-refractivity contribution in [3.8, 4) is 5.75 Å². The average molecular weight is 273 g/mol. The minimum absolute atomic E-state index is 0.0702. The zero-order chi connectivity index (χ0) is 13.4. The third kappa shape index (κ3) is 2.40. The molecule has 2 heterocycles. The molecule has 19 heavy (non-hydrogen) atoms. The highest BCUT2D eigenvalue weighted by atomic mass is 32.1. The molecule has 0 bridgehead atoms. The van der Waals surface area contributed by atoms with E-state index in [-0.39, 0.29) is 12.1 Å². The Hall–Kier alpha value is -1.32. The molecular formula is C16H19NOS. The molecule has 100 valence electrons. The van der Waals surface area contributed by atoms with Crippen LogP contribution in [0.25, 0.3) is 0 Å². The quantitative estimate of drug-likeness (QED) is 0.892. The lowest BCUT2D eigenvalue weighted by Gasteiger charge is -2.30. The highest BCUT2D eigenvalue weighted by Gasteiger charge is 2.27. The second-order valence-corrected chi connectivity index (χ2v) is 6.35. The van der Waals surface area contributed by atoms with Gasteiger partial charge in [0.05, 0.1) is 0 Å². The number of hydrogen-bond donors (Lipinski definition) is 1. The summed E-state index contributed by atoms with van der Waals surface area (Å²) in [6, 6.07) is 10.7. The standard InChI is InChI=1S/C16H19NOS/c1-3-11-5-7-16(19-11)15-9-13(17)12-8-10(2)4-6-14(12)18-15/h4-8,13,15H,3,9,17H2,1-2H3/t13-,15?/m1/s1. The maximum atomic E-state index is 6.31. The van der Waals surface area contributed by atoms with Crippen LogP contribution in [0.2, 0.25) is 0 Å². The van der Waals surface area contributed by atoms with Crippen molar-refractivity contribution in [3.05, 3.63) is 51.2 Å². The van der Waals surface area contributed by atoms with Gasteiger partial charge in [0, 0.05) is 27.8 Å². The molecule has 0 radical (unpaired) electrons. The first kappa shape index (κ1) is 12.7. The van der Waals surface area contributed by atoms with Crippen molar-refractivity contribution in [1.29, 1.82) is 0 Å². The van der Waals surface area contributed by atoms with Crippen LogP contribution in [0, 0.1) is 6.92 Å². The number of benzene rings is 1. The molecule has 1 aliphatic rings. The van der Waals surface area contributed by atoms with Gasteiger partial charge in [-0.2, -0.15) is 0 Å². The predicted octanol–water partition coefficient (Wildman–Crippen LogP) is 4.14. The molecule has 0 fully saturated rings. The first-order chi connectivity index (χ1) is 9.17. The Labute approximate surface area is 118 Å². The van der Waals surface area contributed by atoms with Crippen LogP contribution < -0.4 is 10.5 Å². The molecule has 2 nitrogen and oxygen atoms in total. The molecule has 0 spiro atoms. The summed E-state index contributed by atoms with van der Waals surface area (Å²) in [5, 5.41) is 0. The zero-order valence-electron chi connectivity index (χ0n) is 11.3. The number of aryl methyl sites for hydroxylation is 2. The summed E-state index contributed by atoms with van der Waals surface area (Å²) in [5.74, 6) is 0.945. The minimum atomic E-state index is 0.0702. The summed E-state index contributed by atoms with van der Waals surface area (Å²) in [5.41, 5.74) is 8.69. The first-order valence-corrected chi connectivity index (χ1v) is 7.60. The van der Waals surface area contributed by atoms with E-state index in [0.717, 1.165) is 24.2 Å². The van der Waals surface area contributed by atoms with E-state index in [1.807, 2.05) is 17.4 Å². The Balaban J connectivity index is 1.90. The summed E-state index contributed by atoms with van der Waals surface area (Å²) >= 11 is 1.84. The van der Waals surface area contributed by atoms with Crippen LogP contribution in [0.5, 0.6) is 5.75 Å². The van der Waals surface area contributed by atoms with Crippen molar-refractivity contribution < 1.29 is 4.74 Å². The van der Waals surface area contributed by atoms with Crippen LogP contribution in [0.15, 0.2) is 30.3 Å². The van der Waals surface area contributed by atoms with Crippen LogP contribution >= 0.6 is 11.3 Å². The van der Waals surface area contributed by atoms with Gasteiger partial charge in [-0.15, -0.1) is 11.3 Å². The normalized spacial score (nSPS) is 21.8. The van der Waals surface area contributed by atoms with Crippen molar-refractivity contribution in [1.82, 2.24) is 0 Å². The number of ether oxygens (including phenoxy) is 1. The molecule has 3 heteroatoms. The maximum absolute atomic E-state index is 6.31. The van der Waals surface area contributed by atoms with Gasteiger partial charge in [-0.1, -0.05) is 24.6 Å². The fourth-order valence-corrected chi connectivity index (χ4v) is 3.55. The zero-order valence-corrected chi connectivity index (χ0v) is 12.2. The summed E-state index contributed by atoms with van der Waals surface area (Å²) in [6.07, 6.45) is 2.05. The van der Waals surface area contributed by atoms with E-state index in [9.17, 15) is 0 Å². The Morgan fingerprint density at radius 2 is 2.16 bits per heavy atom. The van der Waals surface area contributed by atoms with Crippen molar-refractivity contribution in [2.24, 2.45) is 5.73 Å². The highest BCUT2D eigenvalue weighted by Crippen LogP contribution is 2.41. The van der Waals surface area contributed by atoms with Gasteiger partial charge in [0.1, 0.15) is 11.9 Å². The molecule has 0 amide bonds. The van der Waals surface area contributed by atoms with Gasteiger partial charge in [-0.25, -0.2) is 0 Å². The van der Waals surface area contributed by atoms with Crippen molar-refractivity contribution in [3.63, 3.8) is 0 Å². The van der Waals surface area contributed by atoms with Gasteiger partial charge < -0.3 is 10.5 Å². The van der Waals surface area contributed by atoms with Crippen LogP contribution in [0.3, 0.4) is 0 Å². The van der Waals surface area contributed by atoms with Gasteiger partial charge in [0.25, 0.3) is 0 Å². The summed E-state index contributed by atoms with van der Waals surface area (Å²) in [7, 11) is 0. The van der Waals surface area contributed by atoms with Gasteiger partial charge in [0.15, 0.2) is 0 Å². The number of hydrogen-bond acceptors (Lipinski definition) is 3. The lowest BCUT2D eigenvalue weighted by molar-refractivity contribution is 0.165. The van der Waals surface area contributed by atoms with E-state index < -0.39 is 0 Å². The lowest BCUT2D eigenvalue weighted by Crippen LogP contribution is -2.23. The molecule has 1 aromatic heterocycles. The summed E-state index contributed by atoms with van der Waals surface area (Å²) in [6.45, 7) is 4.27. The molecule has 1 unspecified atom stereocenters. The molecule has 0 aliphatic carbocycles. The van der Waals surface area contributed by atoms with E-state index in [1.165, 1.54) is 15.3 Å². The fourth-order valence-electron chi connectivity index (χ4n) is 2.56. The molecular weight excluding hydrogens is 254 g/mol. The van der Waals surface area contributed by atoms with Crippen LogP contribution in [-0.4, -0.2) is 0 Å². The number of fused-ring (bicyclic) bond motifs is 1. The summed E-state index contributed by atoms with van der Waals surface area (Å²) in [4.78, 5) is 2.69. The number of rotatable bonds is 2. The molecule has 3 rings (SSSR count). The SMILES string of the molecule is CCc1ccc(C2C[C@@H](N)c3cc(C)ccc3O2)s1. The number of nitrogens with two attached hydrogens (primary N) is 1. The molecule has 2 N–H and O–H groups in total. The Bertz CT molecular complexity index is 590. The topological polar surface area (TPSA) is 35.2 Å². The largest absolute Gasteiger partial charge is 0.484 e. The van der Waals surface area contributed by atoms with Crippen molar-refractivity contribution in [2.45, 2.75) is 38.8 Å². The Morgan fingerprint density at radius 3 is 2.89 bits per heavy atom. The van der Waals surface area contributed by atoms with Crippen LogP contribution in [-0.2, 0) is 6.42 Å². The van der Waals surface area contributed by atoms with E-state index in [2.05, 4.69) is 38.1 Å². The van der Waals surface area contributed by atoms with Gasteiger partial charge in [-0.05, 0) is 31.5 Å². The fraction of sp³-hybridized carbons (Fsp3) is 0.375. The molecule has 1 aromatic carbocycles. The van der Waals surface area contributed by atoms with Crippen LogP contribution in [0.1, 0.15) is 46.4 Å². The molecule has 2 aromatic rings. The van der Waals surface area contributed by atoms with Gasteiger partial charge in [-0.3, -0.25) is 0 Å². The van der Waals surface area contributed by atoms with E-state index in [1.54, 1.807) is 0 Å². The molecule has 2 atom stereocenters. The average Bonchev–Trinajstić information content (AvgIpc) is 2.88. The van der Waals surface area contributed by atoms with E-state index >= 15 is 0 Å². The second kappa shape index (κ2) is 4.99. The van der Waals surface area contributed by atoms with Gasteiger partial charge >= 0.3 is 0 Å². The van der Waals surface area contributed by atoms with Crippen molar-refractivity contribution >= 4 is 11.3 Å². The Kier molecular flexibility index (Phi) is 3.33. The third-order valence-corrected chi connectivity index (χ3v) is 4.97. The first-order valence-electron chi connectivity index (χ1n) is 6.78.